The number of aliphatic carboxylic acids is 1. The number of carbonyl (C=O) groups excluding carboxylic acids is 1. The maximum absolute atomic E-state index is 12.2. The van der Waals surface area contributed by atoms with E-state index in [2.05, 4.69) is 5.32 Å². The molecule has 1 aliphatic heterocycles. The molecule has 1 aromatic rings. The Balaban J connectivity index is 2.04. The number of carboxylic acid groups (broad SMARTS) is 1. The van der Waals surface area contributed by atoms with E-state index in [0.29, 0.717) is 13.1 Å². The Bertz CT molecular complexity index is 519. The van der Waals surface area contributed by atoms with E-state index in [1.165, 1.54) is 10.4 Å². The Labute approximate surface area is 122 Å². The molecule has 0 spiro atoms. The third-order valence-electron chi connectivity index (χ3n) is 3.48. The summed E-state index contributed by atoms with van der Waals surface area (Å²) >= 11 is 1.71. The molecule has 2 heterocycles. The number of urea groups is 1. The molecule has 0 aliphatic carbocycles. The molecule has 2 amide bonds. The molecule has 0 radical (unpaired) electrons. The second-order valence-corrected chi connectivity index (χ2v) is 7.13. The molecule has 1 atom stereocenters. The van der Waals surface area contributed by atoms with Crippen molar-refractivity contribution in [2.45, 2.75) is 39.8 Å². The highest BCUT2D eigenvalue weighted by atomic mass is 32.1. The van der Waals surface area contributed by atoms with Crippen molar-refractivity contribution >= 4 is 23.3 Å². The first-order valence-corrected chi connectivity index (χ1v) is 7.50. The van der Waals surface area contributed by atoms with Gasteiger partial charge in [-0.25, -0.2) is 9.59 Å². The van der Waals surface area contributed by atoms with Gasteiger partial charge in [-0.2, -0.15) is 0 Å². The molecule has 1 aromatic heterocycles. The van der Waals surface area contributed by atoms with Crippen molar-refractivity contribution in [2.24, 2.45) is 5.41 Å². The zero-order chi connectivity index (χ0) is 14.9. The zero-order valence-corrected chi connectivity index (χ0v) is 12.8. The van der Waals surface area contributed by atoms with Gasteiger partial charge in [0.25, 0.3) is 0 Å². The molecular weight excluding hydrogens is 276 g/mol. The average molecular weight is 296 g/mol. The normalized spacial score (nSPS) is 16.4. The van der Waals surface area contributed by atoms with Crippen LogP contribution in [-0.4, -0.2) is 34.6 Å². The summed E-state index contributed by atoms with van der Waals surface area (Å²) in [6.07, 6.45) is 0.841. The number of nitrogens with one attached hydrogen (secondary N) is 1. The van der Waals surface area contributed by atoms with Crippen LogP contribution >= 0.6 is 11.3 Å². The van der Waals surface area contributed by atoms with Crippen LogP contribution in [0.1, 0.15) is 31.2 Å². The number of fused-ring (bicyclic) bond motifs is 1. The van der Waals surface area contributed by atoms with Crippen molar-refractivity contribution in [3.05, 3.63) is 21.9 Å². The minimum Gasteiger partial charge on any atom is -0.480 e. The number of thiophene rings is 1. The van der Waals surface area contributed by atoms with Crippen molar-refractivity contribution in [1.29, 1.82) is 0 Å². The molecule has 0 saturated heterocycles. The average Bonchev–Trinajstić information content (AvgIpc) is 2.80. The van der Waals surface area contributed by atoms with E-state index in [0.717, 1.165) is 6.42 Å². The SMILES string of the molecule is CC(C)(C)C(NC(=O)N1CCc2sccc2C1)C(=O)O. The van der Waals surface area contributed by atoms with Crippen LogP contribution in [0.4, 0.5) is 4.79 Å². The van der Waals surface area contributed by atoms with Gasteiger partial charge in [0.05, 0.1) is 0 Å². The first kappa shape index (κ1) is 14.8. The predicted molar refractivity (Wildman–Crippen MR) is 77.8 cm³/mol. The summed E-state index contributed by atoms with van der Waals surface area (Å²) in [5, 5.41) is 13.9. The van der Waals surface area contributed by atoms with Gasteiger partial charge >= 0.3 is 12.0 Å². The van der Waals surface area contributed by atoms with E-state index in [4.69, 9.17) is 0 Å². The Morgan fingerprint density at radius 1 is 1.45 bits per heavy atom. The Hall–Kier alpha value is -1.56. The lowest BCUT2D eigenvalue weighted by atomic mass is 9.87. The van der Waals surface area contributed by atoms with Crippen molar-refractivity contribution < 1.29 is 14.7 Å². The molecule has 5 nitrogen and oxygen atoms in total. The van der Waals surface area contributed by atoms with Gasteiger partial charge in [-0.1, -0.05) is 20.8 Å². The third-order valence-corrected chi connectivity index (χ3v) is 4.50. The Morgan fingerprint density at radius 2 is 2.15 bits per heavy atom. The van der Waals surface area contributed by atoms with Crippen LogP contribution in [0, 0.1) is 5.41 Å². The number of hydrogen-bond acceptors (Lipinski definition) is 3. The second kappa shape index (κ2) is 5.44. The summed E-state index contributed by atoms with van der Waals surface area (Å²) in [6, 6.07) is 0.834. The summed E-state index contributed by atoms with van der Waals surface area (Å²) in [4.78, 5) is 26.5. The maximum atomic E-state index is 12.2. The molecule has 1 unspecified atom stereocenters. The minimum atomic E-state index is -1.00. The van der Waals surface area contributed by atoms with Gasteiger partial charge in [0.1, 0.15) is 6.04 Å². The number of carbonyl (C=O) groups is 2. The molecule has 0 bridgehead atoms. The van der Waals surface area contributed by atoms with Crippen LogP contribution in [0.15, 0.2) is 11.4 Å². The highest BCUT2D eigenvalue weighted by molar-refractivity contribution is 7.10. The van der Waals surface area contributed by atoms with Gasteiger partial charge in [0.2, 0.25) is 0 Å². The first-order valence-electron chi connectivity index (χ1n) is 6.62. The fourth-order valence-corrected chi connectivity index (χ4v) is 3.17. The standard InChI is InChI=1S/C14H20N2O3S/c1-14(2,3)11(12(17)18)15-13(19)16-6-4-10-9(8-16)5-7-20-10/h5,7,11H,4,6,8H2,1-3H3,(H,15,19)(H,17,18). The van der Waals surface area contributed by atoms with Crippen molar-refractivity contribution in [3.8, 4) is 0 Å². The quantitative estimate of drug-likeness (QED) is 0.880. The van der Waals surface area contributed by atoms with Crippen LogP contribution in [0.3, 0.4) is 0 Å². The molecule has 2 N–H and O–H groups in total. The Kier molecular flexibility index (Phi) is 4.04. The highest BCUT2D eigenvalue weighted by Gasteiger charge is 2.34. The molecule has 2 rings (SSSR count). The lowest BCUT2D eigenvalue weighted by Gasteiger charge is -2.32. The predicted octanol–water partition coefficient (Wildman–Crippen LogP) is 2.32. The van der Waals surface area contributed by atoms with E-state index in [1.54, 1.807) is 37.0 Å². The minimum absolute atomic E-state index is 0.302. The first-order chi connectivity index (χ1) is 9.29. The molecule has 1 aliphatic rings. The maximum Gasteiger partial charge on any atom is 0.326 e. The van der Waals surface area contributed by atoms with Gasteiger partial charge in [0.15, 0.2) is 0 Å². The fourth-order valence-electron chi connectivity index (χ4n) is 2.29. The van der Waals surface area contributed by atoms with Crippen LogP contribution in [0.5, 0.6) is 0 Å². The van der Waals surface area contributed by atoms with E-state index < -0.39 is 17.4 Å². The van der Waals surface area contributed by atoms with Crippen molar-refractivity contribution in [2.75, 3.05) is 6.54 Å². The largest absolute Gasteiger partial charge is 0.480 e. The summed E-state index contributed by atoms with van der Waals surface area (Å²) in [7, 11) is 0. The summed E-state index contributed by atoms with van der Waals surface area (Å²) in [6.45, 7) is 6.61. The van der Waals surface area contributed by atoms with E-state index in [1.807, 2.05) is 11.4 Å². The number of amides is 2. The van der Waals surface area contributed by atoms with Gasteiger partial charge < -0.3 is 15.3 Å². The monoisotopic (exact) mass is 296 g/mol. The van der Waals surface area contributed by atoms with E-state index >= 15 is 0 Å². The lowest BCUT2D eigenvalue weighted by Crippen LogP contribution is -2.53. The lowest BCUT2D eigenvalue weighted by molar-refractivity contribution is -0.142. The molecule has 0 fully saturated rings. The molecule has 0 aromatic carbocycles. The summed E-state index contributed by atoms with van der Waals surface area (Å²) < 4.78 is 0. The molecule has 20 heavy (non-hydrogen) atoms. The number of carboxylic acids is 1. The van der Waals surface area contributed by atoms with Crippen LogP contribution < -0.4 is 5.32 Å². The second-order valence-electron chi connectivity index (χ2n) is 6.13. The number of nitrogens with zero attached hydrogens (tertiary/aromatic N) is 1. The van der Waals surface area contributed by atoms with Crippen molar-refractivity contribution in [3.63, 3.8) is 0 Å². The van der Waals surface area contributed by atoms with Gasteiger partial charge in [-0.3, -0.25) is 0 Å². The molecule has 110 valence electrons. The van der Waals surface area contributed by atoms with Crippen LogP contribution in [0.25, 0.3) is 0 Å². The van der Waals surface area contributed by atoms with Gasteiger partial charge in [0, 0.05) is 18.0 Å². The summed E-state index contributed by atoms with van der Waals surface area (Å²) in [5.74, 6) is -1.00. The number of hydrogen-bond donors (Lipinski definition) is 2. The topological polar surface area (TPSA) is 69.6 Å². The third kappa shape index (κ3) is 3.12. The van der Waals surface area contributed by atoms with E-state index in [9.17, 15) is 14.7 Å². The van der Waals surface area contributed by atoms with Crippen molar-refractivity contribution in [1.82, 2.24) is 10.2 Å². The smallest absolute Gasteiger partial charge is 0.326 e. The summed E-state index contributed by atoms with van der Waals surface area (Å²) in [5.41, 5.74) is 0.643. The van der Waals surface area contributed by atoms with Crippen LogP contribution in [0.2, 0.25) is 0 Å². The van der Waals surface area contributed by atoms with Gasteiger partial charge in [-0.15, -0.1) is 11.3 Å². The zero-order valence-electron chi connectivity index (χ0n) is 12.0. The fraction of sp³-hybridized carbons (Fsp3) is 0.571. The Morgan fingerprint density at radius 3 is 2.75 bits per heavy atom. The van der Waals surface area contributed by atoms with E-state index in [-0.39, 0.29) is 6.03 Å². The van der Waals surface area contributed by atoms with Crippen LogP contribution in [-0.2, 0) is 17.8 Å². The molecule has 6 heteroatoms. The molecule has 0 saturated carbocycles. The van der Waals surface area contributed by atoms with Gasteiger partial charge in [-0.05, 0) is 28.8 Å². The molecular formula is C14H20N2O3S. The highest BCUT2D eigenvalue weighted by Crippen LogP contribution is 2.25. The number of rotatable bonds is 2.